The van der Waals surface area contributed by atoms with Crippen molar-refractivity contribution in [2.75, 3.05) is 46.8 Å². The third-order valence-electron chi connectivity index (χ3n) is 4.29. The fraction of sp³-hybridized carbons (Fsp3) is 0.588. The second kappa shape index (κ2) is 8.03. The third kappa shape index (κ3) is 4.46. The quantitative estimate of drug-likeness (QED) is 0.664. The molecular formula is C17H28N4. The van der Waals surface area contributed by atoms with E-state index in [9.17, 15) is 0 Å². The molecule has 1 saturated heterocycles. The predicted molar refractivity (Wildman–Crippen MR) is 89.9 cm³/mol. The zero-order valence-electron chi connectivity index (χ0n) is 13.5. The monoisotopic (exact) mass is 288 g/mol. The minimum atomic E-state index is 0.628. The maximum absolute atomic E-state index is 4.43. The number of rotatable bonds is 5. The molecule has 0 saturated carbocycles. The summed E-state index contributed by atoms with van der Waals surface area (Å²) in [7, 11) is 4.02. The van der Waals surface area contributed by atoms with E-state index in [0.29, 0.717) is 5.92 Å². The van der Waals surface area contributed by atoms with E-state index in [1.165, 1.54) is 12.0 Å². The molecule has 4 heteroatoms. The zero-order valence-corrected chi connectivity index (χ0v) is 13.5. The molecule has 1 aromatic rings. The Morgan fingerprint density at radius 2 is 2.14 bits per heavy atom. The fourth-order valence-corrected chi connectivity index (χ4v) is 2.80. The second-order valence-electron chi connectivity index (χ2n) is 5.71. The molecule has 1 aromatic carbocycles. The van der Waals surface area contributed by atoms with Crippen LogP contribution in [0.3, 0.4) is 0 Å². The highest BCUT2D eigenvalue weighted by Crippen LogP contribution is 2.26. The van der Waals surface area contributed by atoms with Gasteiger partial charge in [0.2, 0.25) is 0 Å². The van der Waals surface area contributed by atoms with E-state index >= 15 is 0 Å². The molecule has 0 amide bonds. The Morgan fingerprint density at radius 1 is 1.38 bits per heavy atom. The smallest absolute Gasteiger partial charge is 0.193 e. The Balaban J connectivity index is 1.84. The largest absolute Gasteiger partial charge is 0.355 e. The first-order valence-electron chi connectivity index (χ1n) is 7.93. The SMILES string of the molecule is CCN(C)CCNC(=NC)N1CCC(c2ccccc2)C1. The van der Waals surface area contributed by atoms with Crippen molar-refractivity contribution in [3.8, 4) is 0 Å². The molecule has 1 aliphatic heterocycles. The topological polar surface area (TPSA) is 30.9 Å². The highest BCUT2D eigenvalue weighted by atomic mass is 15.3. The van der Waals surface area contributed by atoms with E-state index in [1.54, 1.807) is 0 Å². The van der Waals surface area contributed by atoms with Gasteiger partial charge in [-0.15, -0.1) is 0 Å². The number of nitrogens with one attached hydrogen (secondary N) is 1. The Morgan fingerprint density at radius 3 is 2.81 bits per heavy atom. The first kappa shape index (κ1) is 15.8. The van der Waals surface area contributed by atoms with E-state index < -0.39 is 0 Å². The lowest BCUT2D eigenvalue weighted by Crippen LogP contribution is -2.42. The average molecular weight is 288 g/mol. The van der Waals surface area contributed by atoms with E-state index in [4.69, 9.17) is 0 Å². The number of likely N-dealkylation sites (tertiary alicyclic amines) is 1. The van der Waals surface area contributed by atoms with Gasteiger partial charge >= 0.3 is 0 Å². The van der Waals surface area contributed by atoms with E-state index in [2.05, 4.69) is 64.4 Å². The lowest BCUT2D eigenvalue weighted by Gasteiger charge is -2.23. The van der Waals surface area contributed by atoms with Gasteiger partial charge in [-0.05, 0) is 25.6 Å². The van der Waals surface area contributed by atoms with Crippen LogP contribution < -0.4 is 5.32 Å². The molecule has 0 radical (unpaired) electrons. The number of hydrogen-bond donors (Lipinski definition) is 1. The molecule has 2 rings (SSSR count). The molecular weight excluding hydrogens is 260 g/mol. The van der Waals surface area contributed by atoms with Crippen molar-refractivity contribution in [2.45, 2.75) is 19.3 Å². The molecule has 0 bridgehead atoms. The summed E-state index contributed by atoms with van der Waals surface area (Å²) in [6.45, 7) is 7.41. The second-order valence-corrected chi connectivity index (χ2v) is 5.71. The van der Waals surface area contributed by atoms with Gasteiger partial charge in [0, 0.05) is 39.1 Å². The standard InChI is InChI=1S/C17H28N4/c1-4-20(3)13-11-19-17(18-2)21-12-10-16(14-21)15-8-6-5-7-9-15/h5-9,16H,4,10-14H2,1-3H3,(H,18,19). The van der Waals surface area contributed by atoms with Crippen molar-refractivity contribution < 1.29 is 0 Å². The van der Waals surface area contributed by atoms with Crippen molar-refractivity contribution in [3.63, 3.8) is 0 Å². The van der Waals surface area contributed by atoms with Gasteiger partial charge in [0.1, 0.15) is 0 Å². The fourth-order valence-electron chi connectivity index (χ4n) is 2.80. The van der Waals surface area contributed by atoms with Gasteiger partial charge in [-0.25, -0.2) is 0 Å². The van der Waals surface area contributed by atoms with Gasteiger partial charge in [0.15, 0.2) is 5.96 Å². The van der Waals surface area contributed by atoms with Crippen molar-refractivity contribution in [2.24, 2.45) is 4.99 Å². The van der Waals surface area contributed by atoms with Crippen LogP contribution in [0.25, 0.3) is 0 Å². The summed E-state index contributed by atoms with van der Waals surface area (Å²) in [5.74, 6) is 1.67. The summed E-state index contributed by atoms with van der Waals surface area (Å²) in [5.41, 5.74) is 1.45. The number of aliphatic imine (C=N–C) groups is 1. The Hall–Kier alpha value is -1.55. The number of nitrogens with zero attached hydrogens (tertiary/aromatic N) is 3. The highest BCUT2D eigenvalue weighted by Gasteiger charge is 2.25. The van der Waals surface area contributed by atoms with Gasteiger partial charge in [-0.2, -0.15) is 0 Å². The Kier molecular flexibility index (Phi) is 6.05. The number of guanidine groups is 1. The molecule has 21 heavy (non-hydrogen) atoms. The van der Waals surface area contributed by atoms with E-state index in [1.807, 2.05) is 7.05 Å². The molecule has 1 fully saturated rings. The molecule has 1 heterocycles. The average Bonchev–Trinajstić information content (AvgIpc) is 3.02. The number of hydrogen-bond acceptors (Lipinski definition) is 2. The van der Waals surface area contributed by atoms with E-state index in [-0.39, 0.29) is 0 Å². The van der Waals surface area contributed by atoms with Gasteiger partial charge in [-0.1, -0.05) is 37.3 Å². The minimum Gasteiger partial charge on any atom is -0.355 e. The minimum absolute atomic E-state index is 0.628. The van der Waals surface area contributed by atoms with Crippen LogP contribution >= 0.6 is 0 Å². The van der Waals surface area contributed by atoms with Crippen molar-refractivity contribution in [3.05, 3.63) is 35.9 Å². The molecule has 0 aliphatic carbocycles. The molecule has 1 N–H and O–H groups in total. The molecule has 116 valence electrons. The van der Waals surface area contributed by atoms with Crippen molar-refractivity contribution in [1.29, 1.82) is 0 Å². The summed E-state index contributed by atoms with van der Waals surface area (Å²) in [5, 5.41) is 3.48. The van der Waals surface area contributed by atoms with Crippen LogP contribution in [-0.2, 0) is 0 Å². The molecule has 0 spiro atoms. The van der Waals surface area contributed by atoms with Crippen LogP contribution in [0.1, 0.15) is 24.8 Å². The van der Waals surface area contributed by atoms with Crippen LogP contribution in [0.4, 0.5) is 0 Å². The van der Waals surface area contributed by atoms with Crippen molar-refractivity contribution in [1.82, 2.24) is 15.1 Å². The maximum atomic E-state index is 4.43. The van der Waals surface area contributed by atoms with Crippen LogP contribution in [-0.4, -0.2) is 62.6 Å². The normalized spacial score (nSPS) is 19.3. The van der Waals surface area contributed by atoms with Crippen LogP contribution in [0.15, 0.2) is 35.3 Å². The predicted octanol–water partition coefficient (Wildman–Crippen LogP) is 2.00. The van der Waals surface area contributed by atoms with Gasteiger partial charge in [0.05, 0.1) is 0 Å². The van der Waals surface area contributed by atoms with E-state index in [0.717, 1.165) is 38.7 Å². The summed E-state index contributed by atoms with van der Waals surface area (Å²) in [4.78, 5) is 9.11. The molecule has 0 aromatic heterocycles. The molecule has 1 atom stereocenters. The highest BCUT2D eigenvalue weighted by molar-refractivity contribution is 5.80. The van der Waals surface area contributed by atoms with Gasteiger partial charge < -0.3 is 15.1 Å². The molecule has 1 aliphatic rings. The summed E-state index contributed by atoms with van der Waals surface area (Å²) >= 11 is 0. The maximum Gasteiger partial charge on any atom is 0.193 e. The third-order valence-corrected chi connectivity index (χ3v) is 4.29. The Bertz CT molecular complexity index is 443. The van der Waals surface area contributed by atoms with Crippen molar-refractivity contribution >= 4 is 5.96 Å². The van der Waals surface area contributed by atoms with Gasteiger partial charge in [0.25, 0.3) is 0 Å². The molecule has 1 unspecified atom stereocenters. The number of likely N-dealkylation sites (N-methyl/N-ethyl adjacent to an activating group) is 1. The Labute approximate surface area is 128 Å². The van der Waals surface area contributed by atoms with Crippen LogP contribution in [0, 0.1) is 0 Å². The summed E-state index contributed by atoms with van der Waals surface area (Å²) in [6, 6.07) is 10.8. The van der Waals surface area contributed by atoms with Crippen LogP contribution in [0.2, 0.25) is 0 Å². The summed E-state index contributed by atoms with van der Waals surface area (Å²) < 4.78 is 0. The first-order chi connectivity index (χ1) is 10.2. The van der Waals surface area contributed by atoms with Gasteiger partial charge in [-0.3, -0.25) is 4.99 Å². The lowest BCUT2D eigenvalue weighted by molar-refractivity contribution is 0.354. The molecule has 4 nitrogen and oxygen atoms in total. The lowest BCUT2D eigenvalue weighted by atomic mass is 9.99. The number of benzene rings is 1. The first-order valence-corrected chi connectivity index (χ1v) is 7.93. The van der Waals surface area contributed by atoms with Crippen LogP contribution in [0.5, 0.6) is 0 Å². The summed E-state index contributed by atoms with van der Waals surface area (Å²) in [6.07, 6.45) is 1.21. The zero-order chi connectivity index (χ0) is 15.1.